The third-order valence-corrected chi connectivity index (χ3v) is 4.88. The van der Waals surface area contributed by atoms with Gasteiger partial charge in [-0.1, -0.05) is 22.9 Å². The van der Waals surface area contributed by atoms with E-state index in [0.29, 0.717) is 4.47 Å². The normalized spacial score (nSPS) is 13.1. The number of hydrogen-bond acceptors (Lipinski definition) is 3. The quantitative estimate of drug-likeness (QED) is 0.883. The zero-order valence-electron chi connectivity index (χ0n) is 10.6. The van der Waals surface area contributed by atoms with Crippen molar-refractivity contribution in [2.24, 2.45) is 0 Å². The molecule has 1 amide bonds. The lowest BCUT2D eigenvalue weighted by atomic mass is 10.2. The molecule has 0 spiro atoms. The van der Waals surface area contributed by atoms with Crippen LogP contribution in [0.5, 0.6) is 0 Å². The monoisotopic (exact) mass is 351 g/mol. The van der Waals surface area contributed by atoms with Crippen molar-refractivity contribution in [3.05, 3.63) is 34.1 Å². The summed E-state index contributed by atoms with van der Waals surface area (Å²) in [6.45, 7) is 3.11. The zero-order valence-corrected chi connectivity index (χ0v) is 13.0. The van der Waals surface area contributed by atoms with Crippen molar-refractivity contribution in [1.82, 2.24) is 5.32 Å². The average Bonchev–Trinajstić information content (AvgIpc) is 2.31. The lowest BCUT2D eigenvalue weighted by Gasteiger charge is -2.14. The summed E-state index contributed by atoms with van der Waals surface area (Å²) in [4.78, 5) is 11.8. The Kier molecular flexibility index (Phi) is 5.49. The summed E-state index contributed by atoms with van der Waals surface area (Å²) >= 11 is 3.15. The fourth-order valence-corrected chi connectivity index (χ4v) is 2.96. The molecule has 7 heteroatoms. The number of sulfone groups is 1. The van der Waals surface area contributed by atoms with Gasteiger partial charge in [0.15, 0.2) is 9.84 Å². The maximum Gasteiger partial charge on any atom is 0.254 e. The molecule has 0 bridgehead atoms. The van der Waals surface area contributed by atoms with E-state index in [0.717, 1.165) is 0 Å². The van der Waals surface area contributed by atoms with E-state index in [1.54, 1.807) is 6.92 Å². The summed E-state index contributed by atoms with van der Waals surface area (Å²) in [6.07, 6.45) is 0. The number of amides is 1. The van der Waals surface area contributed by atoms with Gasteiger partial charge in [-0.15, -0.1) is 0 Å². The first-order valence-corrected chi connectivity index (χ1v) is 8.33. The predicted octanol–water partition coefficient (Wildman–Crippen LogP) is 2.14. The number of hydrogen-bond donors (Lipinski definition) is 1. The Morgan fingerprint density at radius 1 is 1.47 bits per heavy atom. The Labute approximate surface area is 120 Å². The van der Waals surface area contributed by atoms with Gasteiger partial charge in [0.25, 0.3) is 5.91 Å². The van der Waals surface area contributed by atoms with Crippen LogP contribution in [0.15, 0.2) is 22.7 Å². The van der Waals surface area contributed by atoms with E-state index in [-0.39, 0.29) is 17.1 Å². The number of halogens is 2. The zero-order chi connectivity index (χ0) is 14.6. The highest BCUT2D eigenvalue weighted by Gasteiger charge is 2.18. The van der Waals surface area contributed by atoms with Gasteiger partial charge < -0.3 is 5.32 Å². The Morgan fingerprint density at radius 3 is 2.68 bits per heavy atom. The number of carbonyl (C=O) groups excluding carboxylic acids is 1. The molecule has 0 unspecified atom stereocenters. The summed E-state index contributed by atoms with van der Waals surface area (Å²) in [5.41, 5.74) is -0.116. The fraction of sp³-hybridized carbons (Fsp3) is 0.417. The van der Waals surface area contributed by atoms with Crippen LogP contribution in [0.3, 0.4) is 0 Å². The summed E-state index contributed by atoms with van der Waals surface area (Å²) in [6, 6.07) is 3.44. The summed E-state index contributed by atoms with van der Waals surface area (Å²) in [5, 5.41) is 2.48. The Bertz CT molecular complexity index is 574. The molecule has 0 radical (unpaired) electrons. The Morgan fingerprint density at radius 2 is 2.11 bits per heavy atom. The molecule has 0 aromatic heterocycles. The fourth-order valence-electron chi connectivity index (χ4n) is 1.51. The van der Waals surface area contributed by atoms with Crippen LogP contribution in [0, 0.1) is 5.82 Å². The highest BCUT2D eigenvalue weighted by molar-refractivity contribution is 9.10. The largest absolute Gasteiger partial charge is 0.348 e. The second-order valence-electron chi connectivity index (χ2n) is 4.20. The molecule has 19 heavy (non-hydrogen) atoms. The highest BCUT2D eigenvalue weighted by atomic mass is 79.9. The molecule has 0 heterocycles. The topological polar surface area (TPSA) is 63.2 Å². The van der Waals surface area contributed by atoms with Gasteiger partial charge in [0.1, 0.15) is 5.82 Å². The SMILES string of the molecule is CCS(=O)(=O)C[C@@H](C)NC(=O)c1cc(Br)ccc1F. The van der Waals surface area contributed by atoms with Crippen LogP contribution in [-0.4, -0.2) is 31.9 Å². The maximum absolute atomic E-state index is 13.5. The van der Waals surface area contributed by atoms with Crippen LogP contribution in [-0.2, 0) is 9.84 Å². The standard InChI is InChI=1S/C12H15BrFNO3S/c1-3-19(17,18)7-8(2)15-12(16)10-6-9(13)4-5-11(10)14/h4-6,8H,3,7H2,1-2H3,(H,15,16)/t8-/m1/s1. The van der Waals surface area contributed by atoms with Crippen molar-refractivity contribution in [3.8, 4) is 0 Å². The van der Waals surface area contributed by atoms with Crippen LogP contribution in [0.2, 0.25) is 0 Å². The van der Waals surface area contributed by atoms with E-state index in [2.05, 4.69) is 21.2 Å². The van der Waals surface area contributed by atoms with Crippen molar-refractivity contribution in [2.45, 2.75) is 19.9 Å². The number of nitrogens with one attached hydrogen (secondary N) is 1. The van der Waals surface area contributed by atoms with Gasteiger partial charge in [0.05, 0.1) is 11.3 Å². The van der Waals surface area contributed by atoms with Crippen LogP contribution in [0.25, 0.3) is 0 Å². The Hall–Kier alpha value is -0.950. The molecular formula is C12H15BrFNO3S. The smallest absolute Gasteiger partial charge is 0.254 e. The van der Waals surface area contributed by atoms with E-state index in [9.17, 15) is 17.6 Å². The molecule has 1 aromatic carbocycles. The Balaban J connectivity index is 2.77. The van der Waals surface area contributed by atoms with E-state index < -0.39 is 27.6 Å². The molecule has 0 saturated carbocycles. The average molecular weight is 352 g/mol. The number of benzene rings is 1. The van der Waals surface area contributed by atoms with E-state index in [1.807, 2.05) is 0 Å². The van der Waals surface area contributed by atoms with E-state index in [4.69, 9.17) is 0 Å². The molecule has 1 N–H and O–H groups in total. The summed E-state index contributed by atoms with van der Waals surface area (Å²) < 4.78 is 36.9. The molecular weight excluding hydrogens is 337 g/mol. The van der Waals surface area contributed by atoms with Crippen molar-refractivity contribution in [3.63, 3.8) is 0 Å². The maximum atomic E-state index is 13.5. The predicted molar refractivity (Wildman–Crippen MR) is 75.4 cm³/mol. The molecule has 4 nitrogen and oxygen atoms in total. The molecule has 106 valence electrons. The van der Waals surface area contributed by atoms with Crippen LogP contribution >= 0.6 is 15.9 Å². The molecule has 1 aromatic rings. The second kappa shape index (κ2) is 6.47. The van der Waals surface area contributed by atoms with E-state index in [1.165, 1.54) is 25.1 Å². The third kappa shape index (κ3) is 4.91. The molecule has 0 aliphatic rings. The molecule has 0 saturated heterocycles. The van der Waals surface area contributed by atoms with Crippen molar-refractivity contribution < 1.29 is 17.6 Å². The molecule has 1 atom stereocenters. The van der Waals surface area contributed by atoms with Crippen molar-refractivity contribution in [2.75, 3.05) is 11.5 Å². The third-order valence-electron chi connectivity index (χ3n) is 2.49. The van der Waals surface area contributed by atoms with Gasteiger partial charge in [0, 0.05) is 16.3 Å². The minimum Gasteiger partial charge on any atom is -0.348 e. The van der Waals surface area contributed by atoms with Crippen LogP contribution < -0.4 is 5.32 Å². The van der Waals surface area contributed by atoms with Gasteiger partial charge in [-0.25, -0.2) is 12.8 Å². The lowest BCUT2D eigenvalue weighted by molar-refractivity contribution is 0.0939. The minimum absolute atomic E-state index is 0.0124. The van der Waals surface area contributed by atoms with Crippen LogP contribution in [0.4, 0.5) is 4.39 Å². The van der Waals surface area contributed by atoms with Gasteiger partial charge in [-0.05, 0) is 25.1 Å². The first kappa shape index (κ1) is 16.1. The number of rotatable bonds is 5. The lowest BCUT2D eigenvalue weighted by Crippen LogP contribution is -2.38. The second-order valence-corrected chi connectivity index (χ2v) is 7.51. The van der Waals surface area contributed by atoms with Crippen molar-refractivity contribution in [1.29, 1.82) is 0 Å². The van der Waals surface area contributed by atoms with Crippen molar-refractivity contribution >= 4 is 31.7 Å². The van der Waals surface area contributed by atoms with Gasteiger partial charge in [0.2, 0.25) is 0 Å². The minimum atomic E-state index is -3.18. The summed E-state index contributed by atoms with van der Waals surface area (Å²) in [5.74, 6) is -1.42. The first-order chi connectivity index (χ1) is 8.75. The van der Waals surface area contributed by atoms with Crippen LogP contribution in [0.1, 0.15) is 24.2 Å². The number of carbonyl (C=O) groups is 1. The summed E-state index contributed by atoms with van der Waals surface area (Å²) in [7, 11) is -3.18. The molecule has 0 aliphatic carbocycles. The van der Waals surface area contributed by atoms with Gasteiger partial charge in [-0.2, -0.15) is 0 Å². The van der Waals surface area contributed by atoms with Gasteiger partial charge >= 0.3 is 0 Å². The first-order valence-electron chi connectivity index (χ1n) is 5.71. The van der Waals surface area contributed by atoms with E-state index >= 15 is 0 Å². The highest BCUT2D eigenvalue weighted by Crippen LogP contribution is 2.15. The molecule has 1 rings (SSSR count). The molecule has 0 aliphatic heterocycles. The molecule has 0 fully saturated rings. The van der Waals surface area contributed by atoms with Gasteiger partial charge in [-0.3, -0.25) is 4.79 Å².